The van der Waals surface area contributed by atoms with Crippen LogP contribution in [0.1, 0.15) is 12.5 Å². The van der Waals surface area contributed by atoms with E-state index >= 15 is 0 Å². The normalized spacial score (nSPS) is 15.9. The maximum Gasteiger partial charge on any atom is 0.236 e. The molecule has 122 valence electrons. The van der Waals surface area contributed by atoms with Crippen molar-refractivity contribution >= 4 is 51.6 Å². The Kier molecular flexibility index (Phi) is 6.90. The van der Waals surface area contributed by atoms with Gasteiger partial charge < -0.3 is 14.8 Å². The van der Waals surface area contributed by atoms with Crippen LogP contribution in [-0.2, 0) is 4.79 Å². The first-order valence-corrected chi connectivity index (χ1v) is 8.94. The SMILES string of the molecule is C=CCOc1c(I)cc(C=NN=C2NC(=O)CS2)cc1OCC. The molecule has 1 aliphatic rings. The quantitative estimate of drug-likeness (QED) is 0.303. The van der Waals surface area contributed by atoms with Gasteiger partial charge in [-0.1, -0.05) is 24.4 Å². The molecule has 6 nitrogen and oxygen atoms in total. The number of ether oxygens (including phenoxy) is 2. The van der Waals surface area contributed by atoms with Gasteiger partial charge in [0.2, 0.25) is 5.91 Å². The zero-order valence-electron chi connectivity index (χ0n) is 12.5. The number of halogens is 1. The number of thioether (sulfide) groups is 1. The molecule has 0 saturated carbocycles. The van der Waals surface area contributed by atoms with E-state index < -0.39 is 0 Å². The molecule has 0 atom stereocenters. The third-order valence-electron chi connectivity index (χ3n) is 2.62. The molecule has 0 spiro atoms. The molecule has 0 bridgehead atoms. The second kappa shape index (κ2) is 8.92. The highest BCUT2D eigenvalue weighted by Crippen LogP contribution is 2.33. The molecule has 1 N–H and O–H groups in total. The molecule has 1 aliphatic heterocycles. The summed E-state index contributed by atoms with van der Waals surface area (Å²) in [5, 5.41) is 11.1. The maximum absolute atomic E-state index is 11.1. The Morgan fingerprint density at radius 3 is 2.96 bits per heavy atom. The Morgan fingerprint density at radius 1 is 1.48 bits per heavy atom. The molecule has 1 amide bonds. The smallest absolute Gasteiger partial charge is 0.236 e. The lowest BCUT2D eigenvalue weighted by atomic mass is 10.2. The highest BCUT2D eigenvalue weighted by molar-refractivity contribution is 14.1. The molecule has 0 aliphatic carbocycles. The topological polar surface area (TPSA) is 72.3 Å². The Labute approximate surface area is 152 Å². The number of carbonyl (C=O) groups excluding carboxylic acids is 1. The van der Waals surface area contributed by atoms with Gasteiger partial charge in [0, 0.05) is 0 Å². The van der Waals surface area contributed by atoms with Gasteiger partial charge in [0.05, 0.1) is 22.1 Å². The number of hydrogen-bond donors (Lipinski definition) is 1. The zero-order valence-corrected chi connectivity index (χ0v) is 15.5. The third-order valence-corrected chi connectivity index (χ3v) is 4.28. The fraction of sp³-hybridized carbons (Fsp3) is 0.267. The minimum atomic E-state index is -0.0548. The molecule has 0 unspecified atom stereocenters. The van der Waals surface area contributed by atoms with Crippen LogP contribution >= 0.6 is 34.4 Å². The van der Waals surface area contributed by atoms with E-state index in [4.69, 9.17) is 9.47 Å². The molecule has 8 heteroatoms. The van der Waals surface area contributed by atoms with Crippen LogP contribution < -0.4 is 14.8 Å². The van der Waals surface area contributed by atoms with Crippen LogP contribution in [0.15, 0.2) is 35.0 Å². The second-order valence-electron chi connectivity index (χ2n) is 4.35. The van der Waals surface area contributed by atoms with Crippen molar-refractivity contribution in [3.63, 3.8) is 0 Å². The molecule has 23 heavy (non-hydrogen) atoms. The van der Waals surface area contributed by atoms with Crippen molar-refractivity contribution in [1.82, 2.24) is 5.32 Å². The van der Waals surface area contributed by atoms with E-state index in [0.717, 1.165) is 9.13 Å². The van der Waals surface area contributed by atoms with Gasteiger partial charge in [-0.25, -0.2) is 0 Å². The highest BCUT2D eigenvalue weighted by Gasteiger charge is 2.16. The van der Waals surface area contributed by atoms with E-state index in [0.29, 0.717) is 35.6 Å². The fourth-order valence-electron chi connectivity index (χ4n) is 1.73. The Hall–Kier alpha value is -1.55. The van der Waals surface area contributed by atoms with Gasteiger partial charge in [-0.3, -0.25) is 4.79 Å². The summed E-state index contributed by atoms with van der Waals surface area (Å²) in [5.74, 6) is 1.67. The average molecular weight is 445 g/mol. The lowest BCUT2D eigenvalue weighted by Gasteiger charge is -2.13. The van der Waals surface area contributed by atoms with Crippen molar-refractivity contribution < 1.29 is 14.3 Å². The summed E-state index contributed by atoms with van der Waals surface area (Å²) in [6.07, 6.45) is 3.30. The van der Waals surface area contributed by atoms with Crippen molar-refractivity contribution in [2.45, 2.75) is 6.92 Å². The van der Waals surface area contributed by atoms with E-state index in [2.05, 4.69) is 44.7 Å². The Balaban J connectivity index is 2.18. The van der Waals surface area contributed by atoms with E-state index in [1.165, 1.54) is 11.8 Å². The molecule has 0 radical (unpaired) electrons. The molecule has 1 fully saturated rings. The van der Waals surface area contributed by atoms with Crippen molar-refractivity contribution in [2.24, 2.45) is 10.2 Å². The Bertz CT molecular complexity index is 662. The van der Waals surface area contributed by atoms with Crippen LogP contribution in [0.25, 0.3) is 0 Å². The first-order valence-electron chi connectivity index (χ1n) is 6.87. The second-order valence-corrected chi connectivity index (χ2v) is 6.48. The lowest BCUT2D eigenvalue weighted by Crippen LogP contribution is -2.19. The zero-order chi connectivity index (χ0) is 16.7. The third kappa shape index (κ3) is 5.24. The van der Waals surface area contributed by atoms with Gasteiger partial charge in [0.15, 0.2) is 16.7 Å². The summed E-state index contributed by atoms with van der Waals surface area (Å²) in [4.78, 5) is 11.1. The molecular formula is C15H16IN3O3S. The number of amides is 1. The van der Waals surface area contributed by atoms with E-state index in [1.54, 1.807) is 12.3 Å². The first-order chi connectivity index (χ1) is 11.1. The van der Waals surface area contributed by atoms with E-state index in [1.807, 2.05) is 19.1 Å². The van der Waals surface area contributed by atoms with Crippen LogP contribution in [-0.4, -0.2) is 36.3 Å². The molecule has 1 heterocycles. The minimum Gasteiger partial charge on any atom is -0.490 e. The largest absolute Gasteiger partial charge is 0.490 e. The predicted octanol–water partition coefficient (Wildman–Crippen LogP) is 2.81. The number of benzene rings is 1. The lowest BCUT2D eigenvalue weighted by molar-refractivity contribution is -0.116. The van der Waals surface area contributed by atoms with Crippen molar-refractivity contribution in [3.05, 3.63) is 33.9 Å². The molecule has 1 saturated heterocycles. The van der Waals surface area contributed by atoms with Crippen LogP contribution in [0.5, 0.6) is 11.5 Å². The fourth-order valence-corrected chi connectivity index (χ4v) is 3.15. The maximum atomic E-state index is 11.1. The van der Waals surface area contributed by atoms with Gasteiger partial charge in [0.1, 0.15) is 6.61 Å². The molecule has 1 aromatic rings. The summed E-state index contributed by atoms with van der Waals surface area (Å²) in [7, 11) is 0. The summed E-state index contributed by atoms with van der Waals surface area (Å²) in [6.45, 7) is 6.50. The molecule has 0 aromatic heterocycles. The minimum absolute atomic E-state index is 0.0548. The summed E-state index contributed by atoms with van der Waals surface area (Å²) in [6, 6.07) is 3.76. The van der Waals surface area contributed by atoms with Crippen LogP contribution in [0, 0.1) is 3.57 Å². The number of carbonyl (C=O) groups is 1. The highest BCUT2D eigenvalue weighted by atomic mass is 127. The standard InChI is InChI=1S/C15H16IN3O3S/c1-3-5-22-14-11(16)6-10(7-12(14)21-4-2)8-17-19-15-18-13(20)9-23-15/h3,6-8H,1,4-5,9H2,2H3,(H,18,19,20). The summed E-state index contributed by atoms with van der Waals surface area (Å²) < 4.78 is 12.2. The Morgan fingerprint density at radius 2 is 2.30 bits per heavy atom. The van der Waals surface area contributed by atoms with Crippen molar-refractivity contribution in [3.8, 4) is 11.5 Å². The number of nitrogens with zero attached hydrogens (tertiary/aromatic N) is 2. The predicted molar refractivity (Wildman–Crippen MR) is 102 cm³/mol. The van der Waals surface area contributed by atoms with Gasteiger partial charge >= 0.3 is 0 Å². The number of rotatable bonds is 7. The van der Waals surface area contributed by atoms with Gasteiger partial charge in [-0.2, -0.15) is 5.10 Å². The van der Waals surface area contributed by atoms with Crippen molar-refractivity contribution in [2.75, 3.05) is 19.0 Å². The first kappa shape index (κ1) is 17.8. The van der Waals surface area contributed by atoms with Gasteiger partial charge in [-0.15, -0.1) is 5.10 Å². The summed E-state index contributed by atoms with van der Waals surface area (Å²) >= 11 is 3.52. The van der Waals surface area contributed by atoms with E-state index in [9.17, 15) is 4.79 Å². The van der Waals surface area contributed by atoms with Gasteiger partial charge in [-0.05, 0) is 47.2 Å². The molecular weight excluding hydrogens is 429 g/mol. The van der Waals surface area contributed by atoms with Crippen LogP contribution in [0.4, 0.5) is 0 Å². The number of nitrogens with one attached hydrogen (secondary N) is 1. The van der Waals surface area contributed by atoms with Crippen LogP contribution in [0.3, 0.4) is 0 Å². The average Bonchev–Trinajstić information content (AvgIpc) is 2.92. The van der Waals surface area contributed by atoms with Crippen LogP contribution in [0.2, 0.25) is 0 Å². The molecule has 2 rings (SSSR count). The van der Waals surface area contributed by atoms with Crippen molar-refractivity contribution in [1.29, 1.82) is 0 Å². The number of amidine groups is 1. The molecule has 1 aromatic carbocycles. The summed E-state index contributed by atoms with van der Waals surface area (Å²) in [5.41, 5.74) is 0.836. The van der Waals surface area contributed by atoms with E-state index in [-0.39, 0.29) is 5.91 Å². The van der Waals surface area contributed by atoms with Gasteiger partial charge in [0.25, 0.3) is 0 Å². The number of hydrogen-bond acceptors (Lipinski definition) is 6. The monoisotopic (exact) mass is 445 g/mol.